The summed E-state index contributed by atoms with van der Waals surface area (Å²) in [5.74, 6) is -1.71. The molecule has 0 aliphatic rings. The maximum atomic E-state index is 11.9. The summed E-state index contributed by atoms with van der Waals surface area (Å²) in [4.78, 5) is 23.0. The number of aromatic amines is 1. The maximum absolute atomic E-state index is 11.9. The summed E-state index contributed by atoms with van der Waals surface area (Å²) in [6, 6.07) is 6.02. The molecule has 0 aliphatic carbocycles. The molecular weight excluding hydrogens is 270 g/mol. The summed E-state index contributed by atoms with van der Waals surface area (Å²) >= 11 is 5.80. The predicted octanol–water partition coefficient (Wildman–Crippen LogP) is 2.32. The minimum atomic E-state index is -1.21. The molecule has 0 bridgehead atoms. The summed E-state index contributed by atoms with van der Waals surface area (Å²) in [6.45, 7) is 1.76. The molecule has 3 N–H and O–H groups in total. The lowest BCUT2D eigenvalue weighted by Gasteiger charge is -2.08. The minimum absolute atomic E-state index is 0.0588. The lowest BCUT2D eigenvalue weighted by molar-refractivity contribution is 0.0698. The van der Waals surface area contributed by atoms with Gasteiger partial charge in [-0.25, -0.2) is 4.79 Å². The molecule has 2 aromatic rings. The highest BCUT2D eigenvalue weighted by atomic mass is 35.5. The van der Waals surface area contributed by atoms with Gasteiger partial charge in [0.2, 0.25) is 0 Å². The standard InChI is InChI=1S/C12H10ClN3O3/c1-6-5-9(16-15-6)11(17)14-8-4-2-3-7(13)10(8)12(18)19/h2-5H,1H3,(H,14,17)(H,15,16)(H,18,19). The molecule has 0 spiro atoms. The summed E-state index contributed by atoms with van der Waals surface area (Å²) in [5.41, 5.74) is 0.888. The molecule has 1 aromatic carbocycles. The first-order chi connectivity index (χ1) is 8.99. The molecule has 1 amide bonds. The quantitative estimate of drug-likeness (QED) is 0.803. The fraction of sp³-hybridized carbons (Fsp3) is 0.0833. The fourth-order valence-electron chi connectivity index (χ4n) is 1.57. The van der Waals surface area contributed by atoms with E-state index in [0.717, 1.165) is 5.69 Å². The van der Waals surface area contributed by atoms with Gasteiger partial charge in [0.25, 0.3) is 5.91 Å². The van der Waals surface area contributed by atoms with Crippen LogP contribution in [0.2, 0.25) is 5.02 Å². The Morgan fingerprint density at radius 3 is 2.74 bits per heavy atom. The molecular formula is C12H10ClN3O3. The molecule has 98 valence electrons. The van der Waals surface area contributed by atoms with Crippen LogP contribution in [0.1, 0.15) is 26.5 Å². The number of amides is 1. The highest BCUT2D eigenvalue weighted by Gasteiger charge is 2.17. The number of aryl methyl sites for hydroxylation is 1. The van der Waals surface area contributed by atoms with Gasteiger partial charge in [0.15, 0.2) is 5.69 Å². The number of carbonyl (C=O) groups is 2. The summed E-state index contributed by atoms with van der Waals surface area (Å²) in [5, 5.41) is 18.0. The van der Waals surface area contributed by atoms with Crippen LogP contribution in [0.5, 0.6) is 0 Å². The van der Waals surface area contributed by atoms with E-state index in [4.69, 9.17) is 16.7 Å². The number of H-pyrrole nitrogens is 1. The third kappa shape index (κ3) is 2.74. The number of carboxylic acids is 1. The van der Waals surface area contributed by atoms with Gasteiger partial charge in [0.05, 0.1) is 10.7 Å². The van der Waals surface area contributed by atoms with E-state index < -0.39 is 11.9 Å². The number of hydrogen-bond acceptors (Lipinski definition) is 3. The first-order valence-electron chi connectivity index (χ1n) is 5.34. The van der Waals surface area contributed by atoms with Crippen molar-refractivity contribution in [1.29, 1.82) is 0 Å². The number of anilines is 1. The molecule has 0 radical (unpaired) electrons. The van der Waals surface area contributed by atoms with Crippen molar-refractivity contribution in [3.8, 4) is 0 Å². The zero-order valence-corrected chi connectivity index (χ0v) is 10.7. The lowest BCUT2D eigenvalue weighted by atomic mass is 10.1. The van der Waals surface area contributed by atoms with Crippen LogP contribution < -0.4 is 5.32 Å². The van der Waals surface area contributed by atoms with Crippen LogP contribution in [0.25, 0.3) is 0 Å². The van der Waals surface area contributed by atoms with Gasteiger partial charge in [-0.2, -0.15) is 5.10 Å². The van der Waals surface area contributed by atoms with Gasteiger partial charge in [0, 0.05) is 5.69 Å². The van der Waals surface area contributed by atoms with Gasteiger partial charge >= 0.3 is 5.97 Å². The van der Waals surface area contributed by atoms with Crippen molar-refractivity contribution in [2.24, 2.45) is 0 Å². The number of carbonyl (C=O) groups excluding carboxylic acids is 1. The van der Waals surface area contributed by atoms with E-state index in [-0.39, 0.29) is 22.0 Å². The van der Waals surface area contributed by atoms with E-state index in [1.54, 1.807) is 19.1 Å². The van der Waals surface area contributed by atoms with Gasteiger partial charge in [-0.1, -0.05) is 17.7 Å². The Bertz CT molecular complexity index is 651. The molecule has 1 heterocycles. The number of nitrogens with zero attached hydrogens (tertiary/aromatic N) is 1. The topological polar surface area (TPSA) is 95.1 Å². The average molecular weight is 280 g/mol. The monoisotopic (exact) mass is 279 g/mol. The fourth-order valence-corrected chi connectivity index (χ4v) is 1.82. The molecule has 0 saturated heterocycles. The number of hydrogen-bond donors (Lipinski definition) is 3. The van der Waals surface area contributed by atoms with Crippen LogP contribution in [-0.4, -0.2) is 27.2 Å². The number of carboxylic acid groups (broad SMARTS) is 1. The van der Waals surface area contributed by atoms with Crippen LogP contribution in [0.3, 0.4) is 0 Å². The second-order valence-corrected chi connectivity index (χ2v) is 4.27. The number of nitrogens with one attached hydrogen (secondary N) is 2. The van der Waals surface area contributed by atoms with Gasteiger partial charge in [0.1, 0.15) is 5.56 Å². The average Bonchev–Trinajstić information content (AvgIpc) is 2.75. The number of rotatable bonds is 3. The van der Waals surface area contributed by atoms with E-state index >= 15 is 0 Å². The van der Waals surface area contributed by atoms with E-state index in [1.807, 2.05) is 0 Å². The number of halogens is 1. The summed E-state index contributed by atoms with van der Waals surface area (Å²) in [6.07, 6.45) is 0. The molecule has 6 nitrogen and oxygen atoms in total. The van der Waals surface area contributed by atoms with Crippen molar-refractivity contribution in [3.05, 3.63) is 46.2 Å². The van der Waals surface area contributed by atoms with Crippen molar-refractivity contribution in [2.75, 3.05) is 5.32 Å². The van der Waals surface area contributed by atoms with Crippen molar-refractivity contribution >= 4 is 29.2 Å². The van der Waals surface area contributed by atoms with Gasteiger partial charge in [-0.05, 0) is 25.1 Å². The zero-order valence-electron chi connectivity index (χ0n) is 9.90. The van der Waals surface area contributed by atoms with Crippen LogP contribution >= 0.6 is 11.6 Å². The van der Waals surface area contributed by atoms with Crippen LogP contribution in [-0.2, 0) is 0 Å². The van der Waals surface area contributed by atoms with E-state index in [2.05, 4.69) is 15.5 Å². The SMILES string of the molecule is Cc1cc(C(=O)Nc2cccc(Cl)c2C(=O)O)n[nH]1. The Morgan fingerprint density at radius 1 is 1.42 bits per heavy atom. The normalized spacial score (nSPS) is 10.2. The molecule has 0 saturated carbocycles. The third-order valence-electron chi connectivity index (χ3n) is 2.41. The third-order valence-corrected chi connectivity index (χ3v) is 2.73. The maximum Gasteiger partial charge on any atom is 0.339 e. The molecule has 0 unspecified atom stereocenters. The van der Waals surface area contributed by atoms with Gasteiger partial charge < -0.3 is 10.4 Å². The Balaban J connectivity index is 2.31. The van der Waals surface area contributed by atoms with Crippen LogP contribution in [0.4, 0.5) is 5.69 Å². The first-order valence-corrected chi connectivity index (χ1v) is 5.72. The summed E-state index contributed by atoms with van der Waals surface area (Å²) in [7, 11) is 0. The Labute approximate surface area is 113 Å². The first kappa shape index (κ1) is 13.1. The summed E-state index contributed by atoms with van der Waals surface area (Å²) < 4.78 is 0. The lowest BCUT2D eigenvalue weighted by Crippen LogP contribution is -2.15. The highest BCUT2D eigenvalue weighted by molar-refractivity contribution is 6.34. The molecule has 0 fully saturated rings. The zero-order chi connectivity index (χ0) is 14.0. The van der Waals surface area contributed by atoms with Gasteiger partial charge in [-0.15, -0.1) is 0 Å². The van der Waals surface area contributed by atoms with Crippen molar-refractivity contribution in [1.82, 2.24) is 10.2 Å². The second-order valence-electron chi connectivity index (χ2n) is 3.86. The Morgan fingerprint density at radius 2 is 2.16 bits per heavy atom. The number of benzene rings is 1. The van der Waals surface area contributed by atoms with E-state index in [9.17, 15) is 9.59 Å². The van der Waals surface area contributed by atoms with Crippen molar-refractivity contribution < 1.29 is 14.7 Å². The minimum Gasteiger partial charge on any atom is -0.478 e. The Hall–Kier alpha value is -2.34. The molecule has 7 heteroatoms. The van der Waals surface area contributed by atoms with E-state index in [0.29, 0.717) is 0 Å². The van der Waals surface area contributed by atoms with Crippen LogP contribution in [0, 0.1) is 6.92 Å². The largest absolute Gasteiger partial charge is 0.478 e. The molecule has 1 aromatic heterocycles. The Kier molecular flexibility index (Phi) is 3.52. The second kappa shape index (κ2) is 5.11. The van der Waals surface area contributed by atoms with E-state index in [1.165, 1.54) is 12.1 Å². The number of aromatic nitrogens is 2. The molecule has 19 heavy (non-hydrogen) atoms. The highest BCUT2D eigenvalue weighted by Crippen LogP contribution is 2.24. The van der Waals surface area contributed by atoms with Crippen LogP contribution in [0.15, 0.2) is 24.3 Å². The van der Waals surface area contributed by atoms with Gasteiger partial charge in [-0.3, -0.25) is 9.89 Å². The molecule has 0 atom stereocenters. The predicted molar refractivity (Wildman–Crippen MR) is 69.7 cm³/mol. The smallest absolute Gasteiger partial charge is 0.339 e. The van der Waals surface area contributed by atoms with Crippen molar-refractivity contribution in [2.45, 2.75) is 6.92 Å². The number of aromatic carboxylic acids is 1. The molecule has 2 rings (SSSR count). The van der Waals surface area contributed by atoms with Crippen molar-refractivity contribution in [3.63, 3.8) is 0 Å². The molecule has 0 aliphatic heterocycles.